The third-order valence-corrected chi connectivity index (χ3v) is 6.92. The van der Waals surface area contributed by atoms with Crippen LogP contribution in [0.25, 0.3) is 5.57 Å². The quantitative estimate of drug-likeness (QED) is 0.551. The van der Waals surface area contributed by atoms with Crippen LogP contribution in [0.2, 0.25) is 0 Å². The van der Waals surface area contributed by atoms with Gasteiger partial charge in [0.05, 0.1) is 44.1 Å². The van der Waals surface area contributed by atoms with Crippen LogP contribution in [-0.4, -0.2) is 76.4 Å². The molecule has 10 heteroatoms. The molecule has 0 atom stereocenters. The van der Waals surface area contributed by atoms with E-state index >= 15 is 0 Å². The van der Waals surface area contributed by atoms with Gasteiger partial charge in [-0.1, -0.05) is 0 Å². The second kappa shape index (κ2) is 11.6. The number of morpholine rings is 1. The van der Waals surface area contributed by atoms with Gasteiger partial charge in [0.1, 0.15) is 11.6 Å². The van der Waals surface area contributed by atoms with Gasteiger partial charge in [0.15, 0.2) is 0 Å². The molecule has 0 amide bonds. The Morgan fingerprint density at radius 3 is 2.58 bits per heavy atom. The average Bonchev–Trinajstić information content (AvgIpc) is 3.63. The van der Waals surface area contributed by atoms with E-state index in [0.717, 1.165) is 35.6 Å². The van der Waals surface area contributed by atoms with Crippen molar-refractivity contribution in [2.24, 2.45) is 10.4 Å². The highest BCUT2D eigenvalue weighted by Gasteiger charge is 2.62. The van der Waals surface area contributed by atoms with Crippen LogP contribution in [0.4, 0.5) is 23.2 Å². The summed E-state index contributed by atoms with van der Waals surface area (Å²) >= 11 is 0. The number of ether oxygens (including phenoxy) is 2. The van der Waals surface area contributed by atoms with Crippen LogP contribution in [0, 0.1) is 18.2 Å². The fourth-order valence-corrected chi connectivity index (χ4v) is 4.48. The first kappa shape index (κ1) is 26.5. The van der Waals surface area contributed by atoms with Crippen LogP contribution in [0.1, 0.15) is 30.4 Å². The van der Waals surface area contributed by atoms with E-state index in [9.17, 15) is 17.6 Å². The molecule has 2 N–H and O–H groups in total. The molecule has 2 fully saturated rings. The van der Waals surface area contributed by atoms with Gasteiger partial charge in [0, 0.05) is 32.4 Å². The van der Waals surface area contributed by atoms with E-state index in [2.05, 4.69) is 20.5 Å². The van der Waals surface area contributed by atoms with Gasteiger partial charge in [-0.15, -0.1) is 0 Å². The molecule has 2 aliphatic heterocycles. The Labute approximate surface area is 209 Å². The second-order valence-corrected chi connectivity index (χ2v) is 9.45. The minimum absolute atomic E-state index is 0.0514. The SMILES string of the molecule is Cc1cc(F)c(NCCC2(C(F)(F)F)CC2)cc1C1=C/C=NCCOCCN/C(N2CCOCC2)=C\1. The van der Waals surface area contributed by atoms with Crippen LogP contribution < -0.4 is 10.6 Å². The van der Waals surface area contributed by atoms with Crippen LogP contribution in [0.15, 0.2) is 35.1 Å². The zero-order valence-corrected chi connectivity index (χ0v) is 20.6. The van der Waals surface area contributed by atoms with Crippen molar-refractivity contribution in [3.8, 4) is 0 Å². The normalized spacial score (nSPS) is 23.9. The molecule has 0 spiro atoms. The van der Waals surface area contributed by atoms with Crippen molar-refractivity contribution < 1.29 is 27.0 Å². The van der Waals surface area contributed by atoms with Gasteiger partial charge in [-0.3, -0.25) is 4.99 Å². The van der Waals surface area contributed by atoms with E-state index in [1.54, 1.807) is 12.3 Å². The number of halogens is 4. The predicted molar refractivity (Wildman–Crippen MR) is 133 cm³/mol. The number of alkyl halides is 3. The molecule has 0 bridgehead atoms. The number of nitrogens with one attached hydrogen (secondary N) is 2. The van der Waals surface area contributed by atoms with Crippen molar-refractivity contribution in [1.29, 1.82) is 0 Å². The van der Waals surface area contributed by atoms with Crippen molar-refractivity contribution in [3.05, 3.63) is 47.0 Å². The van der Waals surface area contributed by atoms with Gasteiger partial charge < -0.3 is 25.0 Å². The monoisotopic (exact) mass is 510 g/mol. The molecule has 2 heterocycles. The predicted octanol–water partition coefficient (Wildman–Crippen LogP) is 4.53. The second-order valence-electron chi connectivity index (χ2n) is 9.45. The van der Waals surface area contributed by atoms with E-state index in [1.807, 2.05) is 19.1 Å². The summed E-state index contributed by atoms with van der Waals surface area (Å²) in [6.07, 6.45) is 1.58. The van der Waals surface area contributed by atoms with Gasteiger partial charge in [-0.25, -0.2) is 4.39 Å². The van der Waals surface area contributed by atoms with Gasteiger partial charge in [-0.2, -0.15) is 13.2 Å². The van der Waals surface area contributed by atoms with Crippen molar-refractivity contribution in [1.82, 2.24) is 10.2 Å². The first-order chi connectivity index (χ1) is 17.3. The van der Waals surface area contributed by atoms with Gasteiger partial charge in [0.2, 0.25) is 0 Å². The highest BCUT2D eigenvalue weighted by atomic mass is 19.4. The van der Waals surface area contributed by atoms with Gasteiger partial charge in [0.25, 0.3) is 0 Å². The fraction of sp³-hybridized carbons (Fsp3) is 0.577. The molecule has 6 nitrogen and oxygen atoms in total. The van der Waals surface area contributed by atoms with E-state index in [1.165, 1.54) is 6.07 Å². The smallest absolute Gasteiger partial charge is 0.383 e. The van der Waals surface area contributed by atoms with Gasteiger partial charge >= 0.3 is 6.18 Å². The molecule has 1 aliphatic carbocycles. The Kier molecular flexibility index (Phi) is 8.56. The van der Waals surface area contributed by atoms with Crippen molar-refractivity contribution in [2.75, 3.05) is 64.5 Å². The first-order valence-corrected chi connectivity index (χ1v) is 12.5. The maximum atomic E-state index is 14.8. The van der Waals surface area contributed by atoms with Crippen LogP contribution in [0.5, 0.6) is 0 Å². The van der Waals surface area contributed by atoms with Crippen molar-refractivity contribution >= 4 is 17.5 Å². The molecule has 0 aromatic heterocycles. The lowest BCUT2D eigenvalue weighted by molar-refractivity contribution is -0.187. The zero-order valence-electron chi connectivity index (χ0n) is 20.6. The maximum Gasteiger partial charge on any atom is 0.394 e. The molecule has 0 unspecified atom stereocenters. The van der Waals surface area contributed by atoms with Crippen molar-refractivity contribution in [3.63, 3.8) is 0 Å². The number of nitrogens with zero attached hydrogens (tertiary/aromatic N) is 2. The Morgan fingerprint density at radius 2 is 1.86 bits per heavy atom. The van der Waals surface area contributed by atoms with Crippen molar-refractivity contribution in [2.45, 2.75) is 32.4 Å². The number of benzene rings is 1. The highest BCUT2D eigenvalue weighted by molar-refractivity contribution is 5.90. The molecule has 1 saturated heterocycles. The molecule has 1 aromatic carbocycles. The maximum absolute atomic E-state index is 14.8. The summed E-state index contributed by atoms with van der Waals surface area (Å²) < 4.78 is 65.8. The minimum atomic E-state index is -4.22. The number of rotatable bonds is 6. The Hall–Kier alpha value is -2.59. The summed E-state index contributed by atoms with van der Waals surface area (Å²) in [6, 6.07) is 3.10. The molecule has 1 saturated carbocycles. The largest absolute Gasteiger partial charge is 0.394 e. The van der Waals surface area contributed by atoms with E-state index in [0.29, 0.717) is 39.5 Å². The number of aryl methyl sites for hydroxylation is 1. The topological polar surface area (TPSA) is 58.1 Å². The molecule has 36 heavy (non-hydrogen) atoms. The lowest BCUT2D eigenvalue weighted by Gasteiger charge is -2.32. The van der Waals surface area contributed by atoms with E-state index < -0.39 is 17.4 Å². The molecule has 1 aromatic rings. The molecular formula is C26H34F4N4O2. The number of aliphatic imine (C=N–C) groups is 1. The van der Waals surface area contributed by atoms with E-state index in [-0.39, 0.29) is 31.5 Å². The van der Waals surface area contributed by atoms with Crippen LogP contribution in [-0.2, 0) is 9.47 Å². The third kappa shape index (κ3) is 6.59. The fourth-order valence-electron chi connectivity index (χ4n) is 4.48. The zero-order chi connectivity index (χ0) is 25.6. The van der Waals surface area contributed by atoms with Crippen LogP contribution >= 0.6 is 0 Å². The summed E-state index contributed by atoms with van der Waals surface area (Å²) in [4.78, 5) is 6.59. The average molecular weight is 511 g/mol. The minimum Gasteiger partial charge on any atom is -0.383 e. The van der Waals surface area contributed by atoms with Crippen LogP contribution in [0.3, 0.4) is 0 Å². The molecule has 0 radical (unpaired) electrons. The summed E-state index contributed by atoms with van der Waals surface area (Å²) in [5.41, 5.74) is 0.897. The molecular weight excluding hydrogens is 476 g/mol. The summed E-state index contributed by atoms with van der Waals surface area (Å²) in [5, 5.41) is 6.36. The number of allylic oxidation sites excluding steroid dienone is 3. The lowest BCUT2D eigenvalue weighted by atomic mass is 9.98. The molecule has 198 valence electrons. The van der Waals surface area contributed by atoms with E-state index in [4.69, 9.17) is 9.47 Å². The molecule has 3 aliphatic rings. The Morgan fingerprint density at radius 1 is 1.11 bits per heavy atom. The summed E-state index contributed by atoms with van der Waals surface area (Å²) in [7, 11) is 0. The standard InChI is InChI=1S/C26H34F4N4O2/c1-19-16-22(27)23(32-7-5-25(3-4-25)26(28,29)30)18-21(19)20-2-6-31-8-12-35-13-9-33-24(17-20)34-10-14-36-15-11-34/h2,6,16-18,32-33H,3-5,7-15H2,1H3/b20-2+,24-17+,31-6?. The lowest BCUT2D eigenvalue weighted by Crippen LogP contribution is -2.41. The first-order valence-electron chi connectivity index (χ1n) is 12.5. The highest BCUT2D eigenvalue weighted by Crippen LogP contribution is 2.59. The Balaban J connectivity index is 1.61. The van der Waals surface area contributed by atoms with Gasteiger partial charge in [-0.05, 0) is 67.2 Å². The Bertz CT molecular complexity index is 996. The third-order valence-electron chi connectivity index (χ3n) is 6.92. The number of hydrogen-bond acceptors (Lipinski definition) is 6. The summed E-state index contributed by atoms with van der Waals surface area (Å²) in [5.74, 6) is 0.421. The number of hydrogen-bond donors (Lipinski definition) is 2. The summed E-state index contributed by atoms with van der Waals surface area (Å²) in [6.45, 7) is 6.79. The molecule has 4 rings (SSSR count). The number of anilines is 1.